The molecule has 1 aromatic heterocycles. The minimum atomic E-state index is -4.40. The van der Waals surface area contributed by atoms with Crippen molar-refractivity contribution in [2.24, 2.45) is 5.92 Å². The number of carboxylic acids is 1. The first-order valence-corrected chi connectivity index (χ1v) is 12.5. The number of hydrogen-bond acceptors (Lipinski definition) is 4. The first kappa shape index (κ1) is 28.8. The molecule has 6 nitrogen and oxygen atoms in total. The third-order valence-corrected chi connectivity index (χ3v) is 6.27. The van der Waals surface area contributed by atoms with E-state index in [-0.39, 0.29) is 24.9 Å². The van der Waals surface area contributed by atoms with Gasteiger partial charge in [-0.1, -0.05) is 26.0 Å². The lowest BCUT2D eigenvalue weighted by molar-refractivity contribution is -0.138. The summed E-state index contributed by atoms with van der Waals surface area (Å²) in [6.07, 6.45) is -3.75. The molecule has 0 spiro atoms. The lowest BCUT2D eigenvalue weighted by Crippen LogP contribution is -2.32. The fourth-order valence-corrected chi connectivity index (χ4v) is 4.27. The Morgan fingerprint density at radius 3 is 2.21 bits per heavy atom. The summed E-state index contributed by atoms with van der Waals surface area (Å²) in [5.74, 6) is 0.309. The zero-order chi connectivity index (χ0) is 28.0. The van der Waals surface area contributed by atoms with E-state index in [1.165, 1.54) is 17.0 Å². The third-order valence-electron chi connectivity index (χ3n) is 6.27. The molecule has 0 saturated heterocycles. The maximum Gasteiger partial charge on any atom is 0.416 e. The van der Waals surface area contributed by atoms with Crippen molar-refractivity contribution in [2.75, 3.05) is 18.4 Å². The lowest BCUT2D eigenvalue weighted by Gasteiger charge is -2.22. The number of aryl methyl sites for hydroxylation is 1. The van der Waals surface area contributed by atoms with Crippen LogP contribution in [0.1, 0.15) is 66.9 Å². The van der Waals surface area contributed by atoms with E-state index in [1.807, 2.05) is 13.0 Å². The Bertz CT molecular complexity index is 1230. The second-order valence-electron chi connectivity index (χ2n) is 9.63. The van der Waals surface area contributed by atoms with E-state index in [9.17, 15) is 22.8 Å². The van der Waals surface area contributed by atoms with Gasteiger partial charge in [-0.3, -0.25) is 9.59 Å². The lowest BCUT2D eigenvalue weighted by atomic mass is 9.96. The van der Waals surface area contributed by atoms with E-state index in [1.54, 1.807) is 31.2 Å². The summed E-state index contributed by atoms with van der Waals surface area (Å²) in [7, 11) is 0. The highest BCUT2D eigenvalue weighted by Crippen LogP contribution is 2.35. The number of rotatable bonds is 11. The Morgan fingerprint density at radius 1 is 1.05 bits per heavy atom. The highest BCUT2D eigenvalue weighted by molar-refractivity contribution is 5.94. The van der Waals surface area contributed by atoms with Crippen LogP contribution in [0.5, 0.6) is 0 Å². The summed E-state index contributed by atoms with van der Waals surface area (Å²) >= 11 is 0. The average molecular weight is 531 g/mol. The number of carboxylic acid groups (broad SMARTS) is 1. The predicted molar refractivity (Wildman–Crippen MR) is 140 cm³/mol. The average Bonchev–Trinajstić information content (AvgIpc) is 3.25. The monoisotopic (exact) mass is 530 g/mol. The Morgan fingerprint density at radius 2 is 1.68 bits per heavy atom. The molecule has 0 aliphatic carbocycles. The fraction of sp³-hybridized carbons (Fsp3) is 0.379. The molecule has 1 atom stereocenters. The van der Waals surface area contributed by atoms with Crippen molar-refractivity contribution in [2.45, 2.75) is 52.8 Å². The van der Waals surface area contributed by atoms with Crippen LogP contribution in [0.15, 0.2) is 59.0 Å². The smallest absolute Gasteiger partial charge is 0.416 e. The Balaban J connectivity index is 1.80. The molecule has 0 fully saturated rings. The largest absolute Gasteiger partial charge is 0.481 e. The van der Waals surface area contributed by atoms with Crippen molar-refractivity contribution in [3.05, 3.63) is 77.0 Å². The number of amides is 1. The number of nitrogens with zero attached hydrogens (tertiary/aromatic N) is 1. The van der Waals surface area contributed by atoms with Gasteiger partial charge in [0.1, 0.15) is 11.5 Å². The summed E-state index contributed by atoms with van der Waals surface area (Å²) in [5.41, 5.74) is 2.00. The van der Waals surface area contributed by atoms with Crippen LogP contribution < -0.4 is 5.32 Å². The molecule has 2 aromatic carbocycles. The van der Waals surface area contributed by atoms with Crippen LogP contribution in [-0.4, -0.2) is 35.0 Å². The highest BCUT2D eigenvalue weighted by Gasteiger charge is 2.30. The molecule has 38 heavy (non-hydrogen) atoms. The van der Waals surface area contributed by atoms with Crippen molar-refractivity contribution in [1.82, 2.24) is 4.90 Å². The molecule has 0 bridgehead atoms. The van der Waals surface area contributed by atoms with Crippen molar-refractivity contribution in [3.8, 4) is 11.3 Å². The highest BCUT2D eigenvalue weighted by atomic mass is 19.4. The molecule has 0 aliphatic heterocycles. The maximum absolute atomic E-state index is 12.9. The van der Waals surface area contributed by atoms with Crippen LogP contribution in [0.2, 0.25) is 0 Å². The molecule has 1 amide bonds. The van der Waals surface area contributed by atoms with Gasteiger partial charge in [0.2, 0.25) is 0 Å². The van der Waals surface area contributed by atoms with Crippen molar-refractivity contribution < 1.29 is 32.3 Å². The van der Waals surface area contributed by atoms with Gasteiger partial charge in [-0.25, -0.2) is 0 Å². The molecule has 2 N–H and O–H groups in total. The van der Waals surface area contributed by atoms with Gasteiger partial charge in [0.15, 0.2) is 0 Å². The van der Waals surface area contributed by atoms with Crippen LogP contribution >= 0.6 is 0 Å². The minimum Gasteiger partial charge on any atom is -0.481 e. The summed E-state index contributed by atoms with van der Waals surface area (Å²) in [5, 5.41) is 12.4. The number of nitrogens with one attached hydrogen (secondary N) is 1. The second kappa shape index (κ2) is 12.2. The standard InChI is InChI=1S/C29H33F3N2O4/c1-5-34(15-14-27(35)36)28(37)21-8-12-23(13-9-21)33-25(16-18(2)3)24-17-26(38-19(24)4)20-6-10-22(11-7-20)29(30,31)32/h6-13,17-18,25,33H,5,14-16H2,1-4H3,(H,35,36). The van der Waals surface area contributed by atoms with Gasteiger partial charge in [-0.05, 0) is 68.7 Å². The van der Waals surface area contributed by atoms with E-state index >= 15 is 0 Å². The molecule has 3 aromatic rings. The second-order valence-corrected chi connectivity index (χ2v) is 9.63. The van der Waals surface area contributed by atoms with Crippen LogP contribution in [0.3, 0.4) is 0 Å². The van der Waals surface area contributed by atoms with Crippen LogP contribution in [-0.2, 0) is 11.0 Å². The first-order valence-electron chi connectivity index (χ1n) is 12.5. The number of carbonyl (C=O) groups excluding carboxylic acids is 1. The van der Waals surface area contributed by atoms with Crippen molar-refractivity contribution >= 4 is 17.6 Å². The topological polar surface area (TPSA) is 82.8 Å². The molecule has 3 rings (SSSR count). The number of anilines is 1. The van der Waals surface area contributed by atoms with Crippen LogP contribution in [0.25, 0.3) is 11.3 Å². The minimum absolute atomic E-state index is 0.116. The maximum atomic E-state index is 12.9. The summed E-state index contributed by atoms with van der Waals surface area (Å²) in [4.78, 5) is 25.2. The molecule has 0 radical (unpaired) electrons. The number of alkyl halides is 3. The van der Waals surface area contributed by atoms with Crippen molar-refractivity contribution in [3.63, 3.8) is 0 Å². The molecule has 0 saturated carbocycles. The molecular formula is C29H33F3N2O4. The number of aliphatic carboxylic acids is 1. The van der Waals surface area contributed by atoms with Gasteiger partial charge in [0, 0.05) is 35.5 Å². The molecule has 1 unspecified atom stereocenters. The van der Waals surface area contributed by atoms with E-state index in [4.69, 9.17) is 9.52 Å². The van der Waals surface area contributed by atoms with Gasteiger partial charge in [0.05, 0.1) is 18.0 Å². The third kappa shape index (κ3) is 7.40. The zero-order valence-corrected chi connectivity index (χ0v) is 21.9. The van der Waals surface area contributed by atoms with Gasteiger partial charge in [-0.15, -0.1) is 0 Å². The zero-order valence-electron chi connectivity index (χ0n) is 21.9. The number of halogens is 3. The van der Waals surface area contributed by atoms with Crippen molar-refractivity contribution in [1.29, 1.82) is 0 Å². The van der Waals surface area contributed by atoms with Gasteiger partial charge < -0.3 is 19.7 Å². The first-order chi connectivity index (χ1) is 17.9. The molecule has 9 heteroatoms. The normalized spacial score (nSPS) is 12.4. The van der Waals surface area contributed by atoms with E-state index < -0.39 is 17.7 Å². The molecular weight excluding hydrogens is 497 g/mol. The van der Waals surface area contributed by atoms with E-state index in [0.29, 0.717) is 35.1 Å². The SMILES string of the molecule is CCN(CCC(=O)O)C(=O)c1ccc(NC(CC(C)C)c2cc(-c3ccc(C(F)(F)F)cc3)oc2C)cc1. The number of furan rings is 1. The fourth-order valence-electron chi connectivity index (χ4n) is 4.27. The molecule has 0 aliphatic rings. The number of benzene rings is 2. The van der Waals surface area contributed by atoms with E-state index in [0.717, 1.165) is 29.8 Å². The summed E-state index contributed by atoms with van der Waals surface area (Å²) in [6.45, 7) is 8.37. The number of hydrogen-bond donors (Lipinski definition) is 2. The van der Waals surface area contributed by atoms with Gasteiger partial charge in [-0.2, -0.15) is 13.2 Å². The van der Waals surface area contributed by atoms with Crippen LogP contribution in [0.4, 0.5) is 18.9 Å². The Kier molecular flexibility index (Phi) is 9.25. The summed E-state index contributed by atoms with van der Waals surface area (Å²) in [6, 6.07) is 13.6. The predicted octanol–water partition coefficient (Wildman–Crippen LogP) is 7.41. The number of carbonyl (C=O) groups is 2. The molecule has 204 valence electrons. The Labute approximate surface area is 220 Å². The molecule has 1 heterocycles. The Hall–Kier alpha value is -3.75. The quantitative estimate of drug-likeness (QED) is 0.270. The van der Waals surface area contributed by atoms with Crippen LogP contribution in [0, 0.1) is 12.8 Å². The van der Waals surface area contributed by atoms with Gasteiger partial charge >= 0.3 is 12.1 Å². The summed E-state index contributed by atoms with van der Waals surface area (Å²) < 4.78 is 44.8. The van der Waals surface area contributed by atoms with E-state index in [2.05, 4.69) is 19.2 Å². The van der Waals surface area contributed by atoms with Gasteiger partial charge in [0.25, 0.3) is 5.91 Å².